The first kappa shape index (κ1) is 16.9. The van der Waals surface area contributed by atoms with Gasteiger partial charge in [-0.2, -0.15) is 0 Å². The molecule has 0 aromatic heterocycles. The summed E-state index contributed by atoms with van der Waals surface area (Å²) in [6.07, 6.45) is 5.45. The number of Topliss-reactive ketones (excluding diaryl/α,β-unsaturated/α-hetero) is 1. The number of ketones is 1. The summed E-state index contributed by atoms with van der Waals surface area (Å²) < 4.78 is 11.5. The molecule has 0 spiro atoms. The van der Waals surface area contributed by atoms with E-state index in [4.69, 9.17) is 9.47 Å². The largest absolute Gasteiger partial charge is 0.489 e. The molecule has 132 valence electrons. The van der Waals surface area contributed by atoms with Crippen LogP contribution in [0.3, 0.4) is 0 Å². The Morgan fingerprint density at radius 3 is 2.41 bits per heavy atom. The molecule has 1 aliphatic heterocycles. The predicted octanol–water partition coefficient (Wildman–Crippen LogP) is 5.44. The van der Waals surface area contributed by atoms with E-state index in [9.17, 15) is 4.79 Å². The number of benzene rings is 3. The van der Waals surface area contributed by atoms with Crippen molar-refractivity contribution >= 4 is 11.9 Å². The maximum Gasteiger partial charge on any atom is 0.231 e. The van der Waals surface area contributed by atoms with Gasteiger partial charge in [-0.3, -0.25) is 4.79 Å². The van der Waals surface area contributed by atoms with Crippen LogP contribution < -0.4 is 9.47 Å². The van der Waals surface area contributed by atoms with Gasteiger partial charge in [0.25, 0.3) is 0 Å². The molecule has 3 aromatic carbocycles. The normalized spacial score (nSPS) is 14.4. The van der Waals surface area contributed by atoms with Gasteiger partial charge < -0.3 is 9.47 Å². The minimum Gasteiger partial charge on any atom is -0.489 e. The molecule has 0 unspecified atom stereocenters. The van der Waals surface area contributed by atoms with Gasteiger partial charge in [-0.05, 0) is 29.3 Å². The second kappa shape index (κ2) is 7.75. The third-order valence-corrected chi connectivity index (χ3v) is 4.23. The summed E-state index contributed by atoms with van der Waals surface area (Å²) in [6, 6.07) is 25.1. The molecule has 0 saturated carbocycles. The van der Waals surface area contributed by atoms with Gasteiger partial charge in [0.05, 0.1) is 5.56 Å². The molecular weight excluding hydrogens is 336 g/mol. The summed E-state index contributed by atoms with van der Waals surface area (Å²) in [4.78, 5) is 12.5. The minimum atomic E-state index is -0.114. The van der Waals surface area contributed by atoms with Crippen molar-refractivity contribution in [1.82, 2.24) is 0 Å². The second-order valence-electron chi connectivity index (χ2n) is 6.16. The van der Waals surface area contributed by atoms with Crippen molar-refractivity contribution in [1.29, 1.82) is 0 Å². The summed E-state index contributed by atoms with van der Waals surface area (Å²) in [5, 5.41) is 0. The van der Waals surface area contributed by atoms with Gasteiger partial charge in [-0.1, -0.05) is 72.8 Å². The van der Waals surface area contributed by atoms with E-state index in [0.717, 1.165) is 11.1 Å². The topological polar surface area (TPSA) is 35.5 Å². The molecule has 1 aliphatic rings. The quantitative estimate of drug-likeness (QED) is 0.573. The highest BCUT2D eigenvalue weighted by atomic mass is 16.5. The number of rotatable bonds is 5. The molecule has 3 nitrogen and oxygen atoms in total. The molecule has 0 fully saturated rings. The van der Waals surface area contributed by atoms with Crippen molar-refractivity contribution in [3.63, 3.8) is 0 Å². The van der Waals surface area contributed by atoms with Gasteiger partial charge in [0.15, 0.2) is 5.76 Å². The highest BCUT2D eigenvalue weighted by molar-refractivity contribution is 6.12. The molecule has 0 bridgehead atoms. The van der Waals surface area contributed by atoms with Crippen molar-refractivity contribution < 1.29 is 14.3 Å². The molecule has 0 N–H and O–H groups in total. The number of ether oxygens (including phenoxy) is 2. The molecule has 0 aliphatic carbocycles. The minimum absolute atomic E-state index is 0.114. The van der Waals surface area contributed by atoms with Crippen LogP contribution in [-0.4, -0.2) is 5.78 Å². The van der Waals surface area contributed by atoms with Gasteiger partial charge in [-0.25, -0.2) is 0 Å². The van der Waals surface area contributed by atoms with E-state index in [1.165, 1.54) is 0 Å². The Balaban J connectivity index is 1.45. The summed E-state index contributed by atoms with van der Waals surface area (Å²) >= 11 is 0. The van der Waals surface area contributed by atoms with Crippen molar-refractivity contribution in [2.24, 2.45) is 0 Å². The Bertz CT molecular complexity index is 1000. The predicted molar refractivity (Wildman–Crippen MR) is 106 cm³/mol. The lowest BCUT2D eigenvalue weighted by Crippen LogP contribution is -1.97. The van der Waals surface area contributed by atoms with E-state index in [0.29, 0.717) is 29.4 Å². The Morgan fingerprint density at radius 1 is 0.889 bits per heavy atom. The number of hydrogen-bond acceptors (Lipinski definition) is 3. The summed E-state index contributed by atoms with van der Waals surface area (Å²) in [5.41, 5.74) is 2.71. The molecule has 0 saturated heterocycles. The maximum atomic E-state index is 12.5. The van der Waals surface area contributed by atoms with Crippen LogP contribution in [0.2, 0.25) is 0 Å². The number of fused-ring (bicyclic) bond motifs is 1. The standard InChI is InChI=1S/C24H18O3/c25-24-21-15-14-20(26-17-19-10-5-2-6-11-19)16-23(21)27-22(24)13-7-12-18-8-3-1-4-9-18/h1-16H,17H2/b12-7+,22-13+. The van der Waals surface area contributed by atoms with Crippen molar-refractivity contribution in [3.05, 3.63) is 113 Å². The molecule has 4 rings (SSSR count). The number of carbonyl (C=O) groups is 1. The second-order valence-corrected chi connectivity index (χ2v) is 6.16. The molecule has 3 heteroatoms. The average Bonchev–Trinajstić information content (AvgIpc) is 3.03. The maximum absolute atomic E-state index is 12.5. The van der Waals surface area contributed by atoms with Crippen molar-refractivity contribution in [2.45, 2.75) is 6.61 Å². The van der Waals surface area contributed by atoms with Gasteiger partial charge >= 0.3 is 0 Å². The zero-order valence-electron chi connectivity index (χ0n) is 14.7. The summed E-state index contributed by atoms with van der Waals surface area (Å²) in [6.45, 7) is 0.468. The van der Waals surface area contributed by atoms with Gasteiger partial charge in [0, 0.05) is 6.07 Å². The molecule has 27 heavy (non-hydrogen) atoms. The highest BCUT2D eigenvalue weighted by Gasteiger charge is 2.27. The fraction of sp³-hybridized carbons (Fsp3) is 0.0417. The summed E-state index contributed by atoms with van der Waals surface area (Å²) in [7, 11) is 0. The van der Waals surface area contributed by atoms with Crippen LogP contribution in [0.1, 0.15) is 21.5 Å². The molecular formula is C24H18O3. The van der Waals surface area contributed by atoms with Crippen LogP contribution in [-0.2, 0) is 6.61 Å². The number of carbonyl (C=O) groups excluding carboxylic acids is 1. The fourth-order valence-corrected chi connectivity index (χ4v) is 2.82. The lowest BCUT2D eigenvalue weighted by Gasteiger charge is -2.07. The monoisotopic (exact) mass is 354 g/mol. The first-order chi connectivity index (χ1) is 13.3. The van der Waals surface area contributed by atoms with E-state index in [2.05, 4.69) is 0 Å². The molecule has 0 atom stereocenters. The fourth-order valence-electron chi connectivity index (χ4n) is 2.82. The highest BCUT2D eigenvalue weighted by Crippen LogP contribution is 2.34. The lowest BCUT2D eigenvalue weighted by atomic mass is 10.1. The Hall–Kier alpha value is -3.59. The van der Waals surface area contributed by atoms with E-state index in [1.54, 1.807) is 24.3 Å². The van der Waals surface area contributed by atoms with Crippen LogP contribution in [0, 0.1) is 0 Å². The zero-order chi connectivity index (χ0) is 18.5. The third-order valence-electron chi connectivity index (χ3n) is 4.23. The third kappa shape index (κ3) is 3.98. The van der Waals surface area contributed by atoms with Gasteiger partial charge in [0.2, 0.25) is 5.78 Å². The van der Waals surface area contributed by atoms with E-state index in [1.807, 2.05) is 72.8 Å². The SMILES string of the molecule is O=C1/C(=C\C=C\c2ccccc2)Oc2cc(OCc3ccccc3)ccc21. The molecule has 3 aromatic rings. The number of hydrogen-bond donors (Lipinski definition) is 0. The van der Waals surface area contributed by atoms with E-state index < -0.39 is 0 Å². The Kier molecular flexibility index (Phi) is 4.84. The zero-order valence-corrected chi connectivity index (χ0v) is 14.7. The van der Waals surface area contributed by atoms with Gasteiger partial charge in [0.1, 0.15) is 18.1 Å². The summed E-state index contributed by atoms with van der Waals surface area (Å²) in [5.74, 6) is 1.41. The van der Waals surface area contributed by atoms with Crippen molar-refractivity contribution in [2.75, 3.05) is 0 Å². The van der Waals surface area contributed by atoms with Crippen LogP contribution in [0.25, 0.3) is 6.08 Å². The Morgan fingerprint density at radius 2 is 1.63 bits per heavy atom. The van der Waals surface area contributed by atoms with Crippen LogP contribution in [0.5, 0.6) is 11.5 Å². The van der Waals surface area contributed by atoms with Crippen LogP contribution >= 0.6 is 0 Å². The first-order valence-corrected chi connectivity index (χ1v) is 8.76. The molecule has 1 heterocycles. The lowest BCUT2D eigenvalue weighted by molar-refractivity contribution is 0.101. The molecule has 0 radical (unpaired) electrons. The Labute approximate surface area is 158 Å². The number of allylic oxidation sites excluding steroid dienone is 3. The first-order valence-electron chi connectivity index (χ1n) is 8.76. The van der Waals surface area contributed by atoms with E-state index >= 15 is 0 Å². The van der Waals surface area contributed by atoms with E-state index in [-0.39, 0.29) is 5.78 Å². The smallest absolute Gasteiger partial charge is 0.231 e. The van der Waals surface area contributed by atoms with Crippen LogP contribution in [0.4, 0.5) is 0 Å². The van der Waals surface area contributed by atoms with Crippen LogP contribution in [0.15, 0.2) is 96.8 Å². The van der Waals surface area contributed by atoms with Gasteiger partial charge in [-0.15, -0.1) is 0 Å². The molecule has 0 amide bonds. The van der Waals surface area contributed by atoms with Crippen molar-refractivity contribution in [3.8, 4) is 11.5 Å². The average molecular weight is 354 g/mol.